The first-order valence-corrected chi connectivity index (χ1v) is 10.3. The molecule has 0 saturated heterocycles. The average molecular weight is 311 g/mol. The van der Waals surface area contributed by atoms with Gasteiger partial charge >= 0.3 is 0 Å². The first-order valence-electron chi connectivity index (χ1n) is 10.3. The number of allylic oxidation sites excluding steroid dienone is 1. The van der Waals surface area contributed by atoms with Gasteiger partial charge in [-0.1, -0.05) is 88.5 Å². The molecule has 2 aliphatic rings. The van der Waals surface area contributed by atoms with Crippen molar-refractivity contribution in [2.45, 2.75) is 96.3 Å². The number of rotatable bonds is 0. The van der Waals surface area contributed by atoms with E-state index in [4.69, 9.17) is 0 Å². The van der Waals surface area contributed by atoms with Crippen LogP contribution in [0.1, 0.15) is 99.3 Å². The quantitative estimate of drug-likeness (QED) is 0.482. The molecule has 0 fully saturated rings. The first kappa shape index (κ1) is 16.8. The van der Waals surface area contributed by atoms with Crippen molar-refractivity contribution in [1.82, 2.24) is 0 Å². The van der Waals surface area contributed by atoms with Crippen LogP contribution in [-0.4, -0.2) is 0 Å². The van der Waals surface area contributed by atoms with Crippen molar-refractivity contribution in [2.24, 2.45) is 0 Å². The molecule has 0 nitrogen and oxygen atoms in total. The molecule has 0 saturated carbocycles. The number of aryl methyl sites for hydroxylation is 1. The summed E-state index contributed by atoms with van der Waals surface area (Å²) in [4.78, 5) is 0. The molecule has 0 unspecified atom stereocenters. The maximum Gasteiger partial charge on any atom is -0.00881 e. The fourth-order valence-corrected chi connectivity index (χ4v) is 4.36. The Kier molecular flexibility index (Phi) is 6.80. The SMILES string of the molecule is C1=Cc2c(ccc3c2CCCCCCCCCCCCCC3)C1. The van der Waals surface area contributed by atoms with Crippen molar-refractivity contribution >= 4 is 6.08 Å². The molecular weight excluding hydrogens is 276 g/mol. The van der Waals surface area contributed by atoms with Crippen molar-refractivity contribution in [3.8, 4) is 0 Å². The van der Waals surface area contributed by atoms with Gasteiger partial charge in [-0.3, -0.25) is 0 Å². The van der Waals surface area contributed by atoms with Gasteiger partial charge in [-0.2, -0.15) is 0 Å². The van der Waals surface area contributed by atoms with Crippen LogP contribution in [0.2, 0.25) is 0 Å². The van der Waals surface area contributed by atoms with Gasteiger partial charge in [-0.15, -0.1) is 0 Å². The van der Waals surface area contributed by atoms with Crippen LogP contribution in [0.15, 0.2) is 18.2 Å². The Hall–Kier alpha value is -1.04. The minimum Gasteiger partial charge on any atom is -0.0795 e. The molecule has 23 heavy (non-hydrogen) atoms. The summed E-state index contributed by atoms with van der Waals surface area (Å²) in [7, 11) is 0. The Balaban J connectivity index is 1.66. The van der Waals surface area contributed by atoms with Crippen LogP contribution in [0.25, 0.3) is 6.08 Å². The molecule has 0 aliphatic heterocycles. The largest absolute Gasteiger partial charge is 0.0795 e. The van der Waals surface area contributed by atoms with Crippen molar-refractivity contribution < 1.29 is 0 Å². The Bertz CT molecular complexity index is 509. The monoisotopic (exact) mass is 310 g/mol. The van der Waals surface area contributed by atoms with Crippen molar-refractivity contribution in [3.05, 3.63) is 40.5 Å². The molecular formula is C23H34. The summed E-state index contributed by atoms with van der Waals surface area (Å²) >= 11 is 0. The van der Waals surface area contributed by atoms with Gasteiger partial charge in [-0.25, -0.2) is 0 Å². The lowest BCUT2D eigenvalue weighted by Crippen LogP contribution is -2.01. The van der Waals surface area contributed by atoms with Crippen LogP contribution in [0.4, 0.5) is 0 Å². The molecule has 1 aromatic carbocycles. The summed E-state index contributed by atoms with van der Waals surface area (Å²) in [5.74, 6) is 0. The van der Waals surface area contributed by atoms with E-state index < -0.39 is 0 Å². The van der Waals surface area contributed by atoms with E-state index in [9.17, 15) is 0 Å². The van der Waals surface area contributed by atoms with Crippen LogP contribution in [0.3, 0.4) is 0 Å². The molecule has 3 rings (SSSR count). The Morgan fingerprint density at radius 3 is 1.70 bits per heavy atom. The zero-order valence-electron chi connectivity index (χ0n) is 14.9. The molecule has 0 heteroatoms. The highest BCUT2D eigenvalue weighted by molar-refractivity contribution is 5.65. The predicted octanol–water partition coefficient (Wildman–Crippen LogP) is 7.04. The maximum atomic E-state index is 2.45. The number of fused-ring (bicyclic) bond motifs is 3. The fraction of sp³-hybridized carbons (Fsp3) is 0.652. The molecule has 0 bridgehead atoms. The van der Waals surface area contributed by atoms with Gasteiger partial charge in [0.05, 0.1) is 0 Å². The van der Waals surface area contributed by atoms with Crippen molar-refractivity contribution in [1.29, 1.82) is 0 Å². The minimum atomic E-state index is 1.16. The van der Waals surface area contributed by atoms with E-state index in [0.717, 1.165) is 6.42 Å². The average Bonchev–Trinajstić information content (AvgIpc) is 3.03. The van der Waals surface area contributed by atoms with Gasteiger partial charge < -0.3 is 0 Å². The smallest absolute Gasteiger partial charge is 0.00881 e. The third-order valence-corrected chi connectivity index (χ3v) is 5.79. The van der Waals surface area contributed by atoms with Crippen LogP contribution in [0, 0.1) is 0 Å². The van der Waals surface area contributed by atoms with Gasteiger partial charge in [0.25, 0.3) is 0 Å². The van der Waals surface area contributed by atoms with Crippen LogP contribution in [-0.2, 0) is 19.3 Å². The van der Waals surface area contributed by atoms with Crippen LogP contribution < -0.4 is 0 Å². The summed E-state index contributed by atoms with van der Waals surface area (Å²) in [5.41, 5.74) is 6.51. The van der Waals surface area contributed by atoms with E-state index in [0.29, 0.717) is 0 Å². The van der Waals surface area contributed by atoms with Crippen LogP contribution in [0.5, 0.6) is 0 Å². The second-order valence-electron chi connectivity index (χ2n) is 7.63. The summed E-state index contributed by atoms with van der Waals surface area (Å²) in [6, 6.07) is 4.84. The Morgan fingerprint density at radius 1 is 0.522 bits per heavy atom. The van der Waals surface area contributed by atoms with Gasteiger partial charge in [0.1, 0.15) is 0 Å². The third kappa shape index (κ3) is 4.96. The lowest BCUT2D eigenvalue weighted by Gasteiger charge is -2.15. The van der Waals surface area contributed by atoms with Crippen molar-refractivity contribution in [2.75, 3.05) is 0 Å². The predicted molar refractivity (Wildman–Crippen MR) is 102 cm³/mol. The Labute approximate surface area is 143 Å². The van der Waals surface area contributed by atoms with Crippen molar-refractivity contribution in [3.63, 3.8) is 0 Å². The zero-order valence-corrected chi connectivity index (χ0v) is 14.9. The molecule has 0 amide bonds. The number of hydrogen-bond acceptors (Lipinski definition) is 0. The summed E-state index contributed by atoms with van der Waals surface area (Å²) in [5, 5.41) is 0. The summed E-state index contributed by atoms with van der Waals surface area (Å²) < 4.78 is 0. The summed E-state index contributed by atoms with van der Waals surface area (Å²) in [6.07, 6.45) is 25.8. The van der Waals surface area contributed by atoms with E-state index in [2.05, 4.69) is 24.3 Å². The molecule has 0 atom stereocenters. The van der Waals surface area contributed by atoms with Gasteiger partial charge in [-0.05, 0) is 54.4 Å². The van der Waals surface area contributed by atoms with E-state index >= 15 is 0 Å². The van der Waals surface area contributed by atoms with E-state index in [1.54, 1.807) is 22.3 Å². The number of hydrogen-bond donors (Lipinski definition) is 0. The summed E-state index contributed by atoms with van der Waals surface area (Å²) in [6.45, 7) is 0. The maximum absolute atomic E-state index is 2.45. The molecule has 126 valence electrons. The highest BCUT2D eigenvalue weighted by Gasteiger charge is 2.13. The normalized spacial score (nSPS) is 20.9. The van der Waals surface area contributed by atoms with E-state index in [1.807, 2.05) is 0 Å². The number of benzene rings is 1. The molecule has 1 aromatic rings. The van der Waals surface area contributed by atoms with Gasteiger partial charge in [0.2, 0.25) is 0 Å². The molecule has 0 N–H and O–H groups in total. The third-order valence-electron chi connectivity index (χ3n) is 5.79. The lowest BCUT2D eigenvalue weighted by atomic mass is 9.90. The van der Waals surface area contributed by atoms with E-state index in [-0.39, 0.29) is 0 Å². The second kappa shape index (κ2) is 9.30. The van der Waals surface area contributed by atoms with Crippen LogP contribution >= 0.6 is 0 Å². The molecule has 0 aromatic heterocycles. The molecule has 0 spiro atoms. The Morgan fingerprint density at radius 2 is 1.04 bits per heavy atom. The highest BCUT2D eigenvalue weighted by atomic mass is 14.2. The zero-order chi connectivity index (χ0) is 15.7. The standard InChI is InChI=1S/C23H34/c1-2-4-6-8-10-12-16-22-20(14-11-9-7-5-3-1)18-19-21-15-13-17-23(21)22/h13,17-19H,1-12,14-16H2. The van der Waals surface area contributed by atoms with E-state index in [1.165, 1.54) is 89.9 Å². The first-order chi connectivity index (χ1) is 11.4. The molecule has 2 aliphatic carbocycles. The lowest BCUT2D eigenvalue weighted by molar-refractivity contribution is 0.537. The molecule has 0 heterocycles. The second-order valence-corrected chi connectivity index (χ2v) is 7.63. The minimum absolute atomic E-state index is 1.16. The topological polar surface area (TPSA) is 0 Å². The van der Waals surface area contributed by atoms with Gasteiger partial charge in [0.15, 0.2) is 0 Å². The highest BCUT2D eigenvalue weighted by Crippen LogP contribution is 2.29. The fourth-order valence-electron chi connectivity index (χ4n) is 4.36. The molecule has 0 radical (unpaired) electrons. The van der Waals surface area contributed by atoms with Gasteiger partial charge in [0, 0.05) is 0 Å².